The van der Waals surface area contributed by atoms with E-state index in [0.717, 1.165) is 12.1 Å². The topological polar surface area (TPSA) is 68.2 Å². The minimum atomic E-state index is -4.82. The van der Waals surface area contributed by atoms with Gasteiger partial charge in [-0.1, -0.05) is 42.5 Å². The highest BCUT2D eigenvalue weighted by Crippen LogP contribution is 2.39. The van der Waals surface area contributed by atoms with E-state index in [0.29, 0.717) is 22.4 Å². The number of amides is 1. The third-order valence-electron chi connectivity index (χ3n) is 7.54. The first-order chi connectivity index (χ1) is 22.3. The molecule has 1 heterocycles. The Bertz CT molecular complexity index is 1750. The Labute approximate surface area is 266 Å². The van der Waals surface area contributed by atoms with Gasteiger partial charge in [0.2, 0.25) is 0 Å². The number of carbonyl (C=O) groups is 2. The molecule has 0 spiro atoms. The summed E-state index contributed by atoms with van der Waals surface area (Å²) >= 11 is 0. The van der Waals surface area contributed by atoms with Crippen LogP contribution in [0.1, 0.15) is 37.4 Å². The predicted molar refractivity (Wildman–Crippen MR) is 162 cm³/mol. The molecule has 0 aliphatic carbocycles. The Morgan fingerprint density at radius 2 is 1.43 bits per heavy atom. The van der Waals surface area contributed by atoms with Gasteiger partial charge in [0.05, 0.1) is 17.5 Å². The van der Waals surface area contributed by atoms with Crippen molar-refractivity contribution in [3.8, 4) is 16.9 Å². The van der Waals surface area contributed by atoms with Gasteiger partial charge in [0.25, 0.3) is 5.91 Å². The molecule has 4 aromatic carbocycles. The molecule has 0 N–H and O–H groups in total. The Kier molecular flexibility index (Phi) is 9.69. The standard InChI is InChI=1S/C35H28F6N2O4/c1-20(2)43(25-14-12-24(36)13-15-25)31(44)19-46-34(45)27-18-30(32-28(37)4-3-5-29(32)38)42-33(27)23-8-6-21(7-9-23)22-10-16-26(17-11-22)47-35(39,40)41/h3-17,20,27,33H,18-19H2,1-2H3/t27-,33-/m0/s1. The molecular weight excluding hydrogens is 626 g/mol. The van der Waals surface area contributed by atoms with Crippen LogP contribution in [0.3, 0.4) is 0 Å². The number of hydrogen-bond donors (Lipinski definition) is 0. The summed E-state index contributed by atoms with van der Waals surface area (Å²) in [7, 11) is 0. The lowest BCUT2D eigenvalue weighted by molar-refractivity contribution is -0.274. The van der Waals surface area contributed by atoms with Gasteiger partial charge in [-0.3, -0.25) is 14.6 Å². The second-order valence-electron chi connectivity index (χ2n) is 11.1. The minimum absolute atomic E-state index is 0.0123. The van der Waals surface area contributed by atoms with E-state index in [1.165, 1.54) is 59.5 Å². The van der Waals surface area contributed by atoms with E-state index in [9.17, 15) is 35.9 Å². The minimum Gasteiger partial charge on any atom is -0.455 e. The van der Waals surface area contributed by atoms with Gasteiger partial charge in [-0.2, -0.15) is 0 Å². The van der Waals surface area contributed by atoms with Crippen LogP contribution in [0, 0.1) is 23.4 Å². The molecule has 244 valence electrons. The molecule has 47 heavy (non-hydrogen) atoms. The number of ether oxygens (including phenoxy) is 2. The van der Waals surface area contributed by atoms with Crippen LogP contribution in [-0.2, 0) is 14.3 Å². The van der Waals surface area contributed by atoms with Crippen molar-refractivity contribution in [2.24, 2.45) is 10.9 Å². The zero-order valence-electron chi connectivity index (χ0n) is 25.1. The van der Waals surface area contributed by atoms with Crippen LogP contribution in [0.25, 0.3) is 11.1 Å². The number of nitrogens with zero attached hydrogens (tertiary/aromatic N) is 2. The number of rotatable bonds is 9. The maximum atomic E-state index is 14.7. The fraction of sp³-hybridized carbons (Fsp3) is 0.229. The normalized spacial score (nSPS) is 16.1. The molecular formula is C35H28F6N2O4. The number of hydrogen-bond acceptors (Lipinski definition) is 5. The molecule has 5 rings (SSSR count). The van der Waals surface area contributed by atoms with Gasteiger partial charge in [0.1, 0.15) is 23.2 Å². The molecule has 1 amide bonds. The summed E-state index contributed by atoms with van der Waals surface area (Å²) in [4.78, 5) is 32.5. The summed E-state index contributed by atoms with van der Waals surface area (Å²) in [5, 5.41) is 0. The smallest absolute Gasteiger partial charge is 0.455 e. The first-order valence-corrected chi connectivity index (χ1v) is 14.5. The summed E-state index contributed by atoms with van der Waals surface area (Å²) in [5.74, 6) is -4.98. The highest BCUT2D eigenvalue weighted by atomic mass is 19.4. The van der Waals surface area contributed by atoms with E-state index in [2.05, 4.69) is 9.73 Å². The largest absolute Gasteiger partial charge is 0.573 e. The average molecular weight is 655 g/mol. The van der Waals surface area contributed by atoms with Crippen molar-refractivity contribution in [3.63, 3.8) is 0 Å². The zero-order chi connectivity index (χ0) is 33.9. The Morgan fingerprint density at radius 1 is 0.851 bits per heavy atom. The number of aliphatic imine (C=N–C) groups is 1. The Hall–Kier alpha value is -5.13. The first-order valence-electron chi connectivity index (χ1n) is 14.5. The maximum absolute atomic E-state index is 14.7. The molecule has 12 heteroatoms. The summed E-state index contributed by atoms with van der Waals surface area (Å²) < 4.78 is 89.9. The summed E-state index contributed by atoms with van der Waals surface area (Å²) in [5.41, 5.74) is 1.77. The number of carbonyl (C=O) groups excluding carboxylic acids is 2. The SMILES string of the molecule is CC(C)N(C(=O)COC(=O)[C@H]1CC(c2c(F)cccc2F)=N[C@H]1c1ccc(-c2ccc(OC(F)(F)F)cc2)cc1)c1ccc(F)cc1. The van der Waals surface area contributed by atoms with Crippen molar-refractivity contribution in [1.82, 2.24) is 0 Å². The van der Waals surface area contributed by atoms with E-state index >= 15 is 0 Å². The van der Waals surface area contributed by atoms with Crippen molar-refractivity contribution < 1.29 is 45.4 Å². The summed E-state index contributed by atoms with van der Waals surface area (Å²) in [6, 6.07) is 19.2. The lowest BCUT2D eigenvalue weighted by atomic mass is 9.90. The molecule has 0 unspecified atom stereocenters. The van der Waals surface area contributed by atoms with Gasteiger partial charge in [-0.05, 0) is 79.1 Å². The predicted octanol–water partition coefficient (Wildman–Crippen LogP) is 8.20. The molecule has 0 aromatic heterocycles. The number of esters is 1. The second-order valence-corrected chi connectivity index (χ2v) is 11.1. The first kappa shape index (κ1) is 33.2. The van der Waals surface area contributed by atoms with Gasteiger partial charge in [-0.25, -0.2) is 13.2 Å². The van der Waals surface area contributed by atoms with Crippen LogP contribution < -0.4 is 9.64 Å². The monoisotopic (exact) mass is 654 g/mol. The molecule has 0 saturated heterocycles. The second kappa shape index (κ2) is 13.7. The van der Waals surface area contributed by atoms with E-state index in [1.807, 2.05) is 0 Å². The molecule has 0 radical (unpaired) electrons. The number of halogens is 6. The molecule has 0 saturated carbocycles. The highest BCUT2D eigenvalue weighted by molar-refractivity contribution is 6.05. The van der Waals surface area contributed by atoms with Gasteiger partial charge in [0.15, 0.2) is 6.61 Å². The molecule has 4 aromatic rings. The van der Waals surface area contributed by atoms with Crippen molar-refractivity contribution in [1.29, 1.82) is 0 Å². The molecule has 0 fully saturated rings. The van der Waals surface area contributed by atoms with E-state index in [4.69, 9.17) is 4.74 Å². The number of alkyl halides is 3. The average Bonchev–Trinajstić information content (AvgIpc) is 3.45. The van der Waals surface area contributed by atoms with Crippen LogP contribution in [-0.4, -0.2) is 36.6 Å². The van der Waals surface area contributed by atoms with Crippen LogP contribution in [0.15, 0.2) is 96.0 Å². The van der Waals surface area contributed by atoms with Gasteiger partial charge >= 0.3 is 12.3 Å². The molecule has 0 bridgehead atoms. The zero-order valence-corrected chi connectivity index (χ0v) is 25.1. The molecule has 2 atom stereocenters. The van der Waals surface area contributed by atoms with Crippen LogP contribution in [0.4, 0.5) is 32.0 Å². The fourth-order valence-corrected chi connectivity index (χ4v) is 5.45. The molecule has 6 nitrogen and oxygen atoms in total. The summed E-state index contributed by atoms with van der Waals surface area (Å²) in [6.07, 6.45) is -5.00. The van der Waals surface area contributed by atoms with Gasteiger partial charge in [0, 0.05) is 23.9 Å². The van der Waals surface area contributed by atoms with Crippen LogP contribution in [0.5, 0.6) is 5.75 Å². The van der Waals surface area contributed by atoms with E-state index in [1.54, 1.807) is 38.1 Å². The quantitative estimate of drug-likeness (QED) is 0.135. The number of anilines is 1. The van der Waals surface area contributed by atoms with Crippen LogP contribution in [0.2, 0.25) is 0 Å². The molecule has 1 aliphatic heterocycles. The third kappa shape index (κ3) is 7.82. The Balaban J connectivity index is 1.38. The molecule has 1 aliphatic rings. The number of benzene rings is 4. The van der Waals surface area contributed by atoms with E-state index in [-0.39, 0.29) is 29.5 Å². The van der Waals surface area contributed by atoms with Crippen LogP contribution >= 0.6 is 0 Å². The van der Waals surface area contributed by atoms with Gasteiger partial charge < -0.3 is 14.4 Å². The van der Waals surface area contributed by atoms with E-state index < -0.39 is 54.3 Å². The Morgan fingerprint density at radius 3 is 1.98 bits per heavy atom. The van der Waals surface area contributed by atoms with Crippen molar-refractivity contribution >= 4 is 23.3 Å². The van der Waals surface area contributed by atoms with Gasteiger partial charge in [-0.15, -0.1) is 13.2 Å². The summed E-state index contributed by atoms with van der Waals surface area (Å²) in [6.45, 7) is 2.84. The van der Waals surface area contributed by atoms with Crippen molar-refractivity contribution in [2.45, 2.75) is 38.7 Å². The lowest BCUT2D eigenvalue weighted by Crippen LogP contribution is -2.40. The highest BCUT2D eigenvalue weighted by Gasteiger charge is 2.39. The third-order valence-corrected chi connectivity index (χ3v) is 7.54. The fourth-order valence-electron chi connectivity index (χ4n) is 5.45. The van der Waals surface area contributed by atoms with Crippen molar-refractivity contribution in [3.05, 3.63) is 120 Å². The van der Waals surface area contributed by atoms with Crippen molar-refractivity contribution in [2.75, 3.05) is 11.5 Å². The maximum Gasteiger partial charge on any atom is 0.573 e. The lowest BCUT2D eigenvalue weighted by Gasteiger charge is -2.27.